The zero-order valence-electron chi connectivity index (χ0n) is 20.0. The van der Waals surface area contributed by atoms with Gasteiger partial charge in [0.2, 0.25) is 0 Å². The van der Waals surface area contributed by atoms with E-state index in [1.54, 1.807) is 37.1 Å². The summed E-state index contributed by atoms with van der Waals surface area (Å²) in [6.45, 7) is 5.86. The zero-order chi connectivity index (χ0) is 24.9. The van der Waals surface area contributed by atoms with Crippen molar-refractivity contribution in [2.75, 3.05) is 19.0 Å². The number of halogens is 1. The molecule has 2 aromatic rings. The average molecular weight is 510 g/mol. The molecule has 1 saturated carbocycles. The number of ether oxygens (including phenoxy) is 1. The molecule has 1 aromatic heterocycles. The number of carboxylic acids is 1. The highest BCUT2D eigenvalue weighted by Crippen LogP contribution is 2.37. The molecule has 186 valence electrons. The minimum atomic E-state index is -0.999. The van der Waals surface area contributed by atoms with Crippen LogP contribution in [0.1, 0.15) is 52.0 Å². The molecule has 1 aromatic carbocycles. The van der Waals surface area contributed by atoms with Crippen LogP contribution in [0.2, 0.25) is 0 Å². The van der Waals surface area contributed by atoms with Crippen LogP contribution in [0, 0.1) is 11.7 Å². The molecule has 7 nitrogen and oxygen atoms in total. The van der Waals surface area contributed by atoms with E-state index in [4.69, 9.17) is 4.74 Å². The van der Waals surface area contributed by atoms with Crippen LogP contribution < -0.4 is 10.1 Å². The number of carboxylic acid groups (broad SMARTS) is 1. The Labute approximate surface area is 208 Å². The molecular formula is C24H32FN3O4S2. The Morgan fingerprint density at radius 2 is 2.03 bits per heavy atom. The van der Waals surface area contributed by atoms with Crippen molar-refractivity contribution in [3.63, 3.8) is 0 Å². The van der Waals surface area contributed by atoms with Crippen LogP contribution in [0.5, 0.6) is 5.75 Å². The number of aliphatic carboxylic acids is 1. The fraction of sp³-hybridized carbons (Fsp3) is 0.542. The lowest BCUT2D eigenvalue weighted by molar-refractivity contribution is -0.138. The lowest BCUT2D eigenvalue weighted by Crippen LogP contribution is -2.45. The standard InChI is InChI=1S/C24H32FN3O4S2/c1-15-5-8-17(9-6-15)28(12-11-16-7-10-18(32-4)13-19(16)25)23(31)27-22-26-14-20(33-22)34-24(2,3)21(29)30/h7,10,13-15,17H,5-6,8-9,11-12H2,1-4H3,(H,29,30)(H,26,27,31). The molecule has 1 fully saturated rings. The van der Waals surface area contributed by atoms with Crippen molar-refractivity contribution < 1.29 is 23.8 Å². The van der Waals surface area contributed by atoms with Crippen LogP contribution in [-0.4, -0.2) is 51.4 Å². The molecule has 0 aliphatic heterocycles. The highest BCUT2D eigenvalue weighted by atomic mass is 32.2. The van der Waals surface area contributed by atoms with Gasteiger partial charge in [0.15, 0.2) is 5.13 Å². The lowest BCUT2D eigenvalue weighted by Gasteiger charge is -2.36. The number of benzene rings is 1. The summed E-state index contributed by atoms with van der Waals surface area (Å²) in [5, 5.41) is 12.6. The molecule has 1 heterocycles. The lowest BCUT2D eigenvalue weighted by atomic mass is 9.86. The molecule has 10 heteroatoms. The van der Waals surface area contributed by atoms with Gasteiger partial charge >= 0.3 is 12.0 Å². The highest BCUT2D eigenvalue weighted by Gasteiger charge is 2.31. The summed E-state index contributed by atoms with van der Waals surface area (Å²) >= 11 is 2.44. The second-order valence-corrected chi connectivity index (χ2v) is 12.1. The molecule has 2 N–H and O–H groups in total. The van der Waals surface area contributed by atoms with Gasteiger partial charge in [0, 0.05) is 18.7 Å². The van der Waals surface area contributed by atoms with Crippen molar-refractivity contribution >= 4 is 40.2 Å². The predicted octanol–water partition coefficient (Wildman–Crippen LogP) is 5.90. The van der Waals surface area contributed by atoms with Crippen LogP contribution >= 0.6 is 23.1 Å². The van der Waals surface area contributed by atoms with Gasteiger partial charge in [-0.05, 0) is 63.5 Å². The molecule has 1 aliphatic carbocycles. The van der Waals surface area contributed by atoms with E-state index in [2.05, 4.69) is 17.2 Å². The van der Waals surface area contributed by atoms with Crippen molar-refractivity contribution in [3.8, 4) is 5.75 Å². The molecule has 0 unspecified atom stereocenters. The first-order valence-corrected chi connectivity index (χ1v) is 13.0. The Morgan fingerprint density at radius 1 is 1.32 bits per heavy atom. The molecular weight excluding hydrogens is 477 g/mol. The first kappa shape index (κ1) is 26.3. The highest BCUT2D eigenvalue weighted by molar-refractivity contribution is 8.03. The molecule has 0 saturated heterocycles. The molecule has 0 radical (unpaired) electrons. The summed E-state index contributed by atoms with van der Waals surface area (Å²) in [5.41, 5.74) is 0.534. The Hall–Kier alpha value is -2.33. The van der Waals surface area contributed by atoms with Gasteiger partial charge in [0.1, 0.15) is 16.3 Å². The third-order valence-corrected chi connectivity index (χ3v) is 8.34. The van der Waals surface area contributed by atoms with Crippen molar-refractivity contribution in [2.45, 2.75) is 67.9 Å². The van der Waals surface area contributed by atoms with Crippen molar-refractivity contribution in [1.82, 2.24) is 9.88 Å². The second-order valence-electron chi connectivity index (χ2n) is 9.15. The van der Waals surface area contributed by atoms with Crippen molar-refractivity contribution in [2.24, 2.45) is 5.92 Å². The summed E-state index contributed by atoms with van der Waals surface area (Å²) in [6.07, 6.45) is 5.88. The summed E-state index contributed by atoms with van der Waals surface area (Å²) < 4.78 is 19.3. The van der Waals surface area contributed by atoms with Gasteiger partial charge in [-0.25, -0.2) is 14.2 Å². The molecule has 3 rings (SSSR count). The molecule has 0 spiro atoms. The smallest absolute Gasteiger partial charge is 0.323 e. The molecule has 0 atom stereocenters. The van der Waals surface area contributed by atoms with Crippen LogP contribution in [0.3, 0.4) is 0 Å². The van der Waals surface area contributed by atoms with Crippen LogP contribution in [0.25, 0.3) is 0 Å². The Kier molecular flexibility index (Phi) is 8.81. The van der Waals surface area contributed by atoms with Gasteiger partial charge in [0.05, 0.1) is 17.5 Å². The van der Waals surface area contributed by atoms with E-state index in [1.165, 1.54) is 36.3 Å². The van der Waals surface area contributed by atoms with E-state index in [9.17, 15) is 19.1 Å². The van der Waals surface area contributed by atoms with Crippen molar-refractivity contribution in [3.05, 3.63) is 35.8 Å². The molecule has 34 heavy (non-hydrogen) atoms. The minimum Gasteiger partial charge on any atom is -0.497 e. The third kappa shape index (κ3) is 6.85. The van der Waals surface area contributed by atoms with Crippen LogP contribution in [0.4, 0.5) is 14.3 Å². The Balaban J connectivity index is 1.70. The summed E-state index contributed by atoms with van der Waals surface area (Å²) in [6, 6.07) is 4.59. The molecule has 1 aliphatic rings. The molecule has 0 bridgehead atoms. The average Bonchev–Trinajstić information content (AvgIpc) is 3.21. The maximum atomic E-state index is 14.5. The number of hydrogen-bond acceptors (Lipinski definition) is 6. The molecule has 2 amide bonds. The number of hydrogen-bond donors (Lipinski definition) is 2. The Bertz CT molecular complexity index is 1010. The first-order valence-electron chi connectivity index (χ1n) is 11.4. The van der Waals surface area contributed by atoms with Gasteiger partial charge < -0.3 is 14.7 Å². The number of urea groups is 1. The predicted molar refractivity (Wildman–Crippen MR) is 133 cm³/mol. The van der Waals surface area contributed by atoms with E-state index >= 15 is 0 Å². The fourth-order valence-corrected chi connectivity index (χ4v) is 6.19. The van der Waals surface area contributed by atoms with Gasteiger partial charge in [-0.3, -0.25) is 10.1 Å². The first-order chi connectivity index (χ1) is 16.1. The number of rotatable bonds is 9. The second kappa shape index (κ2) is 11.4. The number of nitrogens with zero attached hydrogens (tertiary/aromatic N) is 2. The van der Waals surface area contributed by atoms with Crippen LogP contribution in [-0.2, 0) is 11.2 Å². The monoisotopic (exact) mass is 509 g/mol. The van der Waals surface area contributed by atoms with E-state index in [0.717, 1.165) is 25.7 Å². The number of anilines is 1. The topological polar surface area (TPSA) is 91.8 Å². The maximum Gasteiger partial charge on any atom is 0.323 e. The summed E-state index contributed by atoms with van der Waals surface area (Å²) in [4.78, 5) is 30.7. The number of carbonyl (C=O) groups excluding carboxylic acids is 1. The van der Waals surface area contributed by atoms with E-state index in [-0.39, 0.29) is 17.9 Å². The summed E-state index contributed by atoms with van der Waals surface area (Å²) in [7, 11) is 1.50. The van der Waals surface area contributed by atoms with E-state index in [1.807, 2.05) is 0 Å². The van der Waals surface area contributed by atoms with E-state index < -0.39 is 10.7 Å². The SMILES string of the molecule is COc1ccc(CCN(C(=O)Nc2ncc(SC(C)(C)C(=O)O)s2)C2CCC(C)CC2)c(F)c1. The third-order valence-electron chi connectivity index (χ3n) is 6.14. The van der Waals surface area contributed by atoms with Crippen LogP contribution in [0.15, 0.2) is 28.6 Å². The van der Waals surface area contributed by atoms with Gasteiger partial charge in [-0.15, -0.1) is 0 Å². The number of methoxy groups -OCH3 is 1. The maximum absolute atomic E-state index is 14.5. The quantitative estimate of drug-likeness (QED) is 0.409. The van der Waals surface area contributed by atoms with Gasteiger partial charge in [-0.2, -0.15) is 0 Å². The normalized spacial score (nSPS) is 18.4. The number of amides is 2. The number of nitrogens with one attached hydrogen (secondary N) is 1. The minimum absolute atomic E-state index is 0.0808. The fourth-order valence-electron chi connectivity index (χ4n) is 3.93. The number of aromatic nitrogens is 1. The zero-order valence-corrected chi connectivity index (χ0v) is 21.6. The number of thioether (sulfide) groups is 1. The number of thiazole rings is 1. The Morgan fingerprint density at radius 3 is 2.65 bits per heavy atom. The summed E-state index contributed by atoms with van der Waals surface area (Å²) in [5.74, 6) is -0.170. The number of carbonyl (C=O) groups is 2. The largest absolute Gasteiger partial charge is 0.497 e. The van der Waals surface area contributed by atoms with Gasteiger partial charge in [-0.1, -0.05) is 36.1 Å². The van der Waals surface area contributed by atoms with Gasteiger partial charge in [0.25, 0.3) is 0 Å². The van der Waals surface area contributed by atoms with E-state index in [0.29, 0.717) is 39.5 Å². The van der Waals surface area contributed by atoms with Crippen molar-refractivity contribution in [1.29, 1.82) is 0 Å².